The number of carbonyl (C=O) groups is 1. The highest BCUT2D eigenvalue weighted by molar-refractivity contribution is 5.64. The van der Waals surface area contributed by atoms with E-state index in [2.05, 4.69) is 6.92 Å². The lowest BCUT2D eigenvalue weighted by Crippen LogP contribution is -2.38. The molecular formula is C11H19NO3. The summed E-state index contributed by atoms with van der Waals surface area (Å²) >= 11 is 0. The Labute approximate surface area is 89.9 Å². The molecule has 0 aromatic rings. The highest BCUT2D eigenvalue weighted by Crippen LogP contribution is 2.57. The van der Waals surface area contributed by atoms with Crippen molar-refractivity contribution in [3.05, 3.63) is 0 Å². The van der Waals surface area contributed by atoms with Crippen LogP contribution in [0.4, 0.5) is 4.79 Å². The molecular weight excluding hydrogens is 194 g/mol. The summed E-state index contributed by atoms with van der Waals surface area (Å²) in [5.74, 6) is 1.25. The SMILES string of the molecule is CC1(CO)CC1C1CCN(C(=O)O)CC1. The van der Waals surface area contributed by atoms with Crippen molar-refractivity contribution >= 4 is 6.09 Å². The van der Waals surface area contributed by atoms with Crippen LogP contribution in [0.5, 0.6) is 0 Å². The van der Waals surface area contributed by atoms with Crippen LogP contribution in [0.15, 0.2) is 0 Å². The second-order valence-corrected chi connectivity index (χ2v) is 5.23. The summed E-state index contributed by atoms with van der Waals surface area (Å²) in [4.78, 5) is 12.2. The largest absolute Gasteiger partial charge is 0.465 e. The number of aliphatic hydroxyl groups is 1. The van der Waals surface area contributed by atoms with Crippen LogP contribution >= 0.6 is 0 Å². The summed E-state index contributed by atoms with van der Waals surface area (Å²) in [6.45, 7) is 3.73. The molecule has 1 heterocycles. The van der Waals surface area contributed by atoms with Gasteiger partial charge in [-0.2, -0.15) is 0 Å². The Morgan fingerprint density at radius 1 is 1.47 bits per heavy atom. The van der Waals surface area contributed by atoms with Gasteiger partial charge in [0.05, 0.1) is 0 Å². The van der Waals surface area contributed by atoms with Gasteiger partial charge in [-0.05, 0) is 36.5 Å². The topological polar surface area (TPSA) is 60.8 Å². The normalized spacial score (nSPS) is 36.7. The predicted molar refractivity (Wildman–Crippen MR) is 55.6 cm³/mol. The number of piperidine rings is 1. The smallest absolute Gasteiger partial charge is 0.407 e. The van der Waals surface area contributed by atoms with Gasteiger partial charge in [0.1, 0.15) is 0 Å². The number of likely N-dealkylation sites (tertiary alicyclic amines) is 1. The van der Waals surface area contributed by atoms with Gasteiger partial charge in [0.25, 0.3) is 0 Å². The molecule has 0 aromatic carbocycles. The molecule has 1 amide bonds. The van der Waals surface area contributed by atoms with Crippen molar-refractivity contribution in [1.82, 2.24) is 4.90 Å². The van der Waals surface area contributed by atoms with E-state index >= 15 is 0 Å². The molecule has 15 heavy (non-hydrogen) atoms. The minimum atomic E-state index is -0.797. The molecule has 1 saturated carbocycles. The Balaban J connectivity index is 1.83. The summed E-state index contributed by atoms with van der Waals surface area (Å²) in [5.41, 5.74) is 0.135. The Morgan fingerprint density at radius 3 is 2.47 bits per heavy atom. The Bertz CT molecular complexity index is 261. The molecule has 2 unspecified atom stereocenters. The van der Waals surface area contributed by atoms with Gasteiger partial charge in [-0.15, -0.1) is 0 Å². The summed E-state index contributed by atoms with van der Waals surface area (Å²) in [5, 5.41) is 18.0. The second-order valence-electron chi connectivity index (χ2n) is 5.23. The maximum absolute atomic E-state index is 10.7. The van der Waals surface area contributed by atoms with Crippen molar-refractivity contribution in [3.63, 3.8) is 0 Å². The lowest BCUT2D eigenvalue weighted by Gasteiger charge is -2.31. The molecule has 0 spiro atoms. The van der Waals surface area contributed by atoms with Gasteiger partial charge in [-0.3, -0.25) is 0 Å². The third kappa shape index (κ3) is 1.95. The number of hydrogen-bond donors (Lipinski definition) is 2. The maximum atomic E-state index is 10.7. The van der Waals surface area contributed by atoms with Crippen molar-refractivity contribution in [1.29, 1.82) is 0 Å². The summed E-state index contributed by atoms with van der Waals surface area (Å²) in [6.07, 6.45) is 2.24. The van der Waals surface area contributed by atoms with E-state index in [1.54, 1.807) is 0 Å². The third-order valence-corrected chi connectivity index (χ3v) is 4.16. The third-order valence-electron chi connectivity index (χ3n) is 4.16. The monoisotopic (exact) mass is 213 g/mol. The van der Waals surface area contributed by atoms with E-state index < -0.39 is 6.09 Å². The molecule has 1 saturated heterocycles. The van der Waals surface area contributed by atoms with E-state index in [0.717, 1.165) is 19.3 Å². The molecule has 2 rings (SSSR count). The average molecular weight is 213 g/mol. The molecule has 1 aliphatic carbocycles. The van der Waals surface area contributed by atoms with Gasteiger partial charge < -0.3 is 15.1 Å². The van der Waals surface area contributed by atoms with Gasteiger partial charge in [0, 0.05) is 19.7 Å². The van der Waals surface area contributed by atoms with E-state index in [9.17, 15) is 9.90 Å². The number of rotatable bonds is 2. The first-order valence-corrected chi connectivity index (χ1v) is 5.65. The second kappa shape index (κ2) is 3.67. The van der Waals surface area contributed by atoms with Crippen molar-refractivity contribution in [2.45, 2.75) is 26.2 Å². The lowest BCUT2D eigenvalue weighted by molar-refractivity contribution is 0.114. The van der Waals surface area contributed by atoms with E-state index in [4.69, 9.17) is 5.11 Å². The fourth-order valence-corrected chi connectivity index (χ4v) is 2.85. The lowest BCUT2D eigenvalue weighted by atomic mass is 9.88. The summed E-state index contributed by atoms with van der Waals surface area (Å²) < 4.78 is 0. The van der Waals surface area contributed by atoms with Gasteiger partial charge in [-0.1, -0.05) is 6.92 Å². The molecule has 1 aliphatic heterocycles. The highest BCUT2D eigenvalue weighted by atomic mass is 16.4. The van der Waals surface area contributed by atoms with Gasteiger partial charge in [0.2, 0.25) is 0 Å². The molecule has 0 bridgehead atoms. The predicted octanol–water partition coefficient (Wildman–Crippen LogP) is 1.39. The molecule has 2 atom stereocenters. The van der Waals surface area contributed by atoms with Gasteiger partial charge in [-0.25, -0.2) is 4.79 Å². The van der Waals surface area contributed by atoms with Crippen LogP contribution in [0.25, 0.3) is 0 Å². The van der Waals surface area contributed by atoms with Crippen LogP contribution in [0.1, 0.15) is 26.2 Å². The number of carboxylic acid groups (broad SMARTS) is 1. The summed E-state index contributed by atoms with van der Waals surface area (Å²) in [6, 6.07) is 0. The van der Waals surface area contributed by atoms with Gasteiger partial charge in [0.15, 0.2) is 0 Å². The van der Waals surface area contributed by atoms with E-state index in [1.807, 2.05) is 0 Å². The molecule has 0 radical (unpaired) electrons. The van der Waals surface area contributed by atoms with Crippen molar-refractivity contribution < 1.29 is 15.0 Å². The van der Waals surface area contributed by atoms with E-state index in [0.29, 0.717) is 24.9 Å². The molecule has 86 valence electrons. The zero-order chi connectivity index (χ0) is 11.1. The Hall–Kier alpha value is -0.770. The fraction of sp³-hybridized carbons (Fsp3) is 0.909. The first kappa shape index (κ1) is 10.7. The van der Waals surface area contributed by atoms with E-state index in [-0.39, 0.29) is 12.0 Å². The Kier molecular flexibility index (Phi) is 2.63. The molecule has 4 heteroatoms. The molecule has 2 N–H and O–H groups in total. The van der Waals surface area contributed by atoms with Crippen LogP contribution in [0, 0.1) is 17.3 Å². The fourth-order valence-electron chi connectivity index (χ4n) is 2.85. The Morgan fingerprint density at radius 2 is 2.07 bits per heavy atom. The van der Waals surface area contributed by atoms with Crippen molar-refractivity contribution in [2.24, 2.45) is 17.3 Å². The summed E-state index contributed by atoms with van der Waals surface area (Å²) in [7, 11) is 0. The highest BCUT2D eigenvalue weighted by Gasteiger charge is 2.53. The molecule has 2 fully saturated rings. The number of aliphatic hydroxyl groups excluding tert-OH is 1. The first-order valence-electron chi connectivity index (χ1n) is 5.65. The van der Waals surface area contributed by atoms with Crippen LogP contribution < -0.4 is 0 Å². The van der Waals surface area contributed by atoms with Crippen LogP contribution in [0.2, 0.25) is 0 Å². The molecule has 4 nitrogen and oxygen atoms in total. The number of nitrogens with zero attached hydrogens (tertiary/aromatic N) is 1. The standard InChI is InChI=1S/C11H19NO3/c1-11(7-13)6-9(11)8-2-4-12(5-3-8)10(14)15/h8-9,13H,2-7H2,1H3,(H,14,15). The number of hydrogen-bond acceptors (Lipinski definition) is 2. The average Bonchev–Trinajstić information content (AvgIpc) is 2.92. The minimum Gasteiger partial charge on any atom is -0.465 e. The van der Waals surface area contributed by atoms with Crippen molar-refractivity contribution in [2.75, 3.05) is 19.7 Å². The van der Waals surface area contributed by atoms with Crippen LogP contribution in [0.3, 0.4) is 0 Å². The first-order chi connectivity index (χ1) is 7.07. The zero-order valence-electron chi connectivity index (χ0n) is 9.15. The quantitative estimate of drug-likeness (QED) is 0.728. The van der Waals surface area contributed by atoms with E-state index in [1.165, 1.54) is 4.90 Å². The minimum absolute atomic E-state index is 0.135. The molecule has 0 aromatic heterocycles. The number of amides is 1. The van der Waals surface area contributed by atoms with Crippen LogP contribution in [-0.2, 0) is 0 Å². The van der Waals surface area contributed by atoms with Gasteiger partial charge >= 0.3 is 6.09 Å². The zero-order valence-corrected chi connectivity index (χ0v) is 9.15. The maximum Gasteiger partial charge on any atom is 0.407 e. The molecule has 2 aliphatic rings. The van der Waals surface area contributed by atoms with Crippen molar-refractivity contribution in [3.8, 4) is 0 Å². The van der Waals surface area contributed by atoms with Crippen LogP contribution in [-0.4, -0.2) is 40.9 Å².